The van der Waals surface area contributed by atoms with E-state index in [0.717, 1.165) is 19.4 Å². The normalized spacial score (nSPS) is 11.9. The van der Waals surface area contributed by atoms with Gasteiger partial charge in [0.2, 0.25) is 11.7 Å². The molecular formula is C16H19ClF2N4O5. The van der Waals surface area contributed by atoms with Crippen LogP contribution in [0.15, 0.2) is 12.3 Å². The Bertz CT molecular complexity index is 770. The first-order valence-corrected chi connectivity index (χ1v) is 8.31. The van der Waals surface area contributed by atoms with Crippen LogP contribution in [0.1, 0.15) is 30.1 Å². The van der Waals surface area contributed by atoms with E-state index in [-0.39, 0.29) is 16.4 Å². The summed E-state index contributed by atoms with van der Waals surface area (Å²) in [5.41, 5.74) is -0.302. The number of nitrogens with zero attached hydrogens (tertiary/aromatic N) is 1. The Morgan fingerprint density at radius 1 is 1.32 bits per heavy atom. The maximum Gasteiger partial charge on any atom is 0.411 e. The molecule has 0 aliphatic rings. The van der Waals surface area contributed by atoms with Crippen molar-refractivity contribution in [3.63, 3.8) is 0 Å². The van der Waals surface area contributed by atoms with E-state index >= 15 is 0 Å². The average molecular weight is 421 g/mol. The van der Waals surface area contributed by atoms with Crippen molar-refractivity contribution < 1.29 is 32.7 Å². The van der Waals surface area contributed by atoms with Gasteiger partial charge in [-0.2, -0.15) is 0 Å². The van der Waals surface area contributed by atoms with Gasteiger partial charge in [-0.15, -0.1) is 0 Å². The fourth-order valence-corrected chi connectivity index (χ4v) is 2.22. The van der Waals surface area contributed by atoms with Gasteiger partial charge in [0.15, 0.2) is 0 Å². The lowest BCUT2D eigenvalue weighted by molar-refractivity contribution is -0.139. The van der Waals surface area contributed by atoms with E-state index in [1.165, 1.54) is 7.05 Å². The SMILES string of the molecule is CNC(=O)C(=O)[C@H](CCC(C)(F)F)NC(=O)c1cc(Cl)ncc1NC(=O)OC. The van der Waals surface area contributed by atoms with Crippen molar-refractivity contribution in [2.75, 3.05) is 19.5 Å². The largest absolute Gasteiger partial charge is 0.453 e. The lowest BCUT2D eigenvalue weighted by atomic mass is 10.0. The van der Waals surface area contributed by atoms with Crippen molar-refractivity contribution in [2.45, 2.75) is 31.7 Å². The number of carbonyl (C=O) groups is 4. The number of nitrogens with one attached hydrogen (secondary N) is 3. The number of Topliss-reactive ketones (excluding diaryl/α,β-unsaturated/α-hetero) is 1. The molecule has 0 aromatic carbocycles. The molecule has 1 atom stereocenters. The number of methoxy groups -OCH3 is 1. The number of halogens is 3. The molecule has 0 spiro atoms. The van der Waals surface area contributed by atoms with Crippen LogP contribution in [-0.4, -0.2) is 54.8 Å². The molecule has 0 aliphatic heterocycles. The summed E-state index contributed by atoms with van der Waals surface area (Å²) in [6.45, 7) is 0.650. The molecule has 3 N–H and O–H groups in total. The lowest BCUT2D eigenvalue weighted by Gasteiger charge is -2.20. The number of amides is 3. The van der Waals surface area contributed by atoms with Gasteiger partial charge in [-0.25, -0.2) is 18.6 Å². The third kappa shape index (κ3) is 7.06. The summed E-state index contributed by atoms with van der Waals surface area (Å²) in [5, 5.41) is 6.43. The van der Waals surface area contributed by atoms with Crippen molar-refractivity contribution in [1.82, 2.24) is 15.6 Å². The number of hydrogen-bond acceptors (Lipinski definition) is 6. The molecule has 1 heterocycles. The summed E-state index contributed by atoms with van der Waals surface area (Å²) >= 11 is 5.76. The summed E-state index contributed by atoms with van der Waals surface area (Å²) in [5.74, 6) is -6.19. The van der Waals surface area contributed by atoms with Gasteiger partial charge in [0, 0.05) is 13.5 Å². The third-order valence-electron chi connectivity index (χ3n) is 3.48. The molecule has 28 heavy (non-hydrogen) atoms. The van der Waals surface area contributed by atoms with E-state index in [2.05, 4.69) is 25.7 Å². The van der Waals surface area contributed by atoms with Crippen LogP contribution in [0.5, 0.6) is 0 Å². The number of anilines is 1. The Balaban J connectivity index is 3.12. The van der Waals surface area contributed by atoms with Crippen LogP contribution in [0.2, 0.25) is 5.15 Å². The Morgan fingerprint density at radius 2 is 1.96 bits per heavy atom. The first-order chi connectivity index (χ1) is 13.0. The van der Waals surface area contributed by atoms with Crippen molar-refractivity contribution in [1.29, 1.82) is 0 Å². The first kappa shape index (κ1) is 23.2. The van der Waals surface area contributed by atoms with E-state index in [1.54, 1.807) is 0 Å². The molecule has 0 saturated carbocycles. The average Bonchev–Trinajstić information content (AvgIpc) is 2.64. The standard InChI is InChI=1S/C16H19ClF2N4O5/c1-16(18,19)5-4-9(12(24)14(26)20-2)22-13(25)8-6-11(17)21-7-10(8)23-15(27)28-3/h6-7,9H,4-5H2,1-3H3,(H,20,26)(H,22,25)(H,23,27)/t9-/m0/s1. The number of hydrogen-bond donors (Lipinski definition) is 3. The minimum atomic E-state index is -3.11. The fraction of sp³-hybridized carbons (Fsp3) is 0.438. The van der Waals surface area contributed by atoms with Gasteiger partial charge in [0.1, 0.15) is 5.15 Å². The van der Waals surface area contributed by atoms with Crippen molar-refractivity contribution in [2.24, 2.45) is 0 Å². The molecule has 1 aromatic heterocycles. The quantitative estimate of drug-likeness (QED) is 0.434. The first-order valence-electron chi connectivity index (χ1n) is 7.93. The van der Waals surface area contributed by atoms with Gasteiger partial charge in [-0.3, -0.25) is 19.7 Å². The molecule has 1 aromatic rings. The van der Waals surface area contributed by atoms with Crippen LogP contribution < -0.4 is 16.0 Å². The van der Waals surface area contributed by atoms with Crippen molar-refractivity contribution >= 4 is 41.0 Å². The van der Waals surface area contributed by atoms with Crippen LogP contribution in [-0.2, 0) is 14.3 Å². The van der Waals surface area contributed by atoms with E-state index in [1.807, 2.05) is 0 Å². The van der Waals surface area contributed by atoms with E-state index in [4.69, 9.17) is 11.6 Å². The fourth-order valence-electron chi connectivity index (χ4n) is 2.06. The molecule has 3 amide bonds. The van der Waals surface area contributed by atoms with Gasteiger partial charge in [0.25, 0.3) is 11.8 Å². The second-order valence-electron chi connectivity index (χ2n) is 5.75. The molecule has 0 radical (unpaired) electrons. The lowest BCUT2D eigenvalue weighted by Crippen LogP contribution is -2.47. The number of ketones is 1. The third-order valence-corrected chi connectivity index (χ3v) is 3.69. The summed E-state index contributed by atoms with van der Waals surface area (Å²) in [7, 11) is 2.29. The molecule has 9 nitrogen and oxygen atoms in total. The van der Waals surface area contributed by atoms with Gasteiger partial charge in [-0.1, -0.05) is 11.6 Å². The number of pyridine rings is 1. The highest BCUT2D eigenvalue weighted by Crippen LogP contribution is 2.22. The zero-order valence-electron chi connectivity index (χ0n) is 15.3. The highest BCUT2D eigenvalue weighted by atomic mass is 35.5. The molecule has 0 unspecified atom stereocenters. The molecule has 1 rings (SSSR count). The van der Waals surface area contributed by atoms with E-state index in [0.29, 0.717) is 6.92 Å². The molecule has 0 bridgehead atoms. The number of carbonyl (C=O) groups excluding carboxylic acids is 4. The van der Waals surface area contributed by atoms with Gasteiger partial charge in [-0.05, 0) is 19.4 Å². The maximum absolute atomic E-state index is 13.2. The van der Waals surface area contributed by atoms with Crippen LogP contribution in [0.3, 0.4) is 0 Å². The summed E-state index contributed by atoms with van der Waals surface area (Å²) in [6, 6.07) is -0.422. The minimum Gasteiger partial charge on any atom is -0.453 e. The van der Waals surface area contributed by atoms with Gasteiger partial charge in [0.05, 0.1) is 30.6 Å². The number of ether oxygens (including phenoxy) is 1. The zero-order chi connectivity index (χ0) is 21.5. The highest BCUT2D eigenvalue weighted by Gasteiger charge is 2.31. The zero-order valence-corrected chi connectivity index (χ0v) is 16.0. The van der Waals surface area contributed by atoms with Crippen molar-refractivity contribution in [3.8, 4) is 0 Å². The van der Waals surface area contributed by atoms with Crippen LogP contribution in [0.25, 0.3) is 0 Å². The Hall–Kier alpha value is -2.82. The van der Waals surface area contributed by atoms with Crippen LogP contribution in [0, 0.1) is 0 Å². The van der Waals surface area contributed by atoms with Gasteiger partial charge < -0.3 is 15.4 Å². The summed E-state index contributed by atoms with van der Waals surface area (Å²) < 4.78 is 30.8. The Kier molecular flexibility index (Phi) is 8.23. The molecule has 0 saturated heterocycles. The molecule has 0 fully saturated rings. The minimum absolute atomic E-state index is 0.0966. The topological polar surface area (TPSA) is 126 Å². The number of aromatic nitrogens is 1. The summed E-state index contributed by atoms with van der Waals surface area (Å²) in [6.07, 6.45) is -1.06. The van der Waals surface area contributed by atoms with E-state index < -0.39 is 48.5 Å². The highest BCUT2D eigenvalue weighted by molar-refractivity contribution is 6.38. The second kappa shape index (κ2) is 9.93. The predicted molar refractivity (Wildman–Crippen MR) is 95.5 cm³/mol. The summed E-state index contributed by atoms with van der Waals surface area (Å²) in [4.78, 5) is 51.4. The maximum atomic E-state index is 13.2. The number of likely N-dealkylation sites (N-methyl/N-ethyl adjacent to an activating group) is 1. The smallest absolute Gasteiger partial charge is 0.411 e. The Morgan fingerprint density at radius 3 is 2.50 bits per heavy atom. The van der Waals surface area contributed by atoms with Crippen LogP contribution in [0.4, 0.5) is 19.3 Å². The molecule has 154 valence electrons. The van der Waals surface area contributed by atoms with Crippen LogP contribution >= 0.6 is 11.6 Å². The Labute approximate surface area is 164 Å². The molecule has 12 heteroatoms. The van der Waals surface area contributed by atoms with Crippen molar-refractivity contribution in [3.05, 3.63) is 23.0 Å². The monoisotopic (exact) mass is 420 g/mol. The number of rotatable bonds is 8. The number of alkyl halides is 2. The molecule has 0 aliphatic carbocycles. The van der Waals surface area contributed by atoms with E-state index in [9.17, 15) is 28.0 Å². The second-order valence-corrected chi connectivity index (χ2v) is 6.13. The predicted octanol–water partition coefficient (Wildman–Crippen LogP) is 1.76. The molecular weight excluding hydrogens is 402 g/mol. The van der Waals surface area contributed by atoms with Gasteiger partial charge >= 0.3 is 6.09 Å².